The maximum Gasteiger partial charge on any atom is 0.417 e. The molecular formula is C20H14Cl2F3N3O2. The number of hydrogen-bond acceptors (Lipinski definition) is 3. The van der Waals surface area contributed by atoms with Gasteiger partial charge in [0.1, 0.15) is 11.5 Å². The van der Waals surface area contributed by atoms with Gasteiger partial charge in [0.15, 0.2) is 0 Å². The summed E-state index contributed by atoms with van der Waals surface area (Å²) < 4.78 is 44.4. The Labute approximate surface area is 179 Å². The minimum absolute atomic E-state index is 0.0445. The zero-order chi connectivity index (χ0) is 21.7. The molecule has 0 aliphatic carbocycles. The van der Waals surface area contributed by atoms with Gasteiger partial charge < -0.3 is 15.4 Å². The number of rotatable bonds is 5. The summed E-state index contributed by atoms with van der Waals surface area (Å²) in [5.74, 6) is 1.33. The molecule has 1 aromatic heterocycles. The zero-order valence-corrected chi connectivity index (χ0v) is 16.6. The van der Waals surface area contributed by atoms with Crippen molar-refractivity contribution in [3.63, 3.8) is 0 Å². The Bertz CT molecular complexity index is 1040. The van der Waals surface area contributed by atoms with Crippen LogP contribution >= 0.6 is 23.2 Å². The number of hydrogen-bond donors (Lipinski definition) is 2. The molecule has 0 bridgehead atoms. The molecule has 0 spiro atoms. The van der Waals surface area contributed by atoms with E-state index in [9.17, 15) is 18.0 Å². The highest BCUT2D eigenvalue weighted by molar-refractivity contribution is 6.31. The van der Waals surface area contributed by atoms with E-state index in [2.05, 4.69) is 15.6 Å². The van der Waals surface area contributed by atoms with Gasteiger partial charge in [0.2, 0.25) is 0 Å². The van der Waals surface area contributed by atoms with Crippen molar-refractivity contribution in [1.82, 2.24) is 4.98 Å². The molecule has 30 heavy (non-hydrogen) atoms. The second kappa shape index (κ2) is 9.23. The number of pyridine rings is 1. The van der Waals surface area contributed by atoms with Gasteiger partial charge in [-0.15, -0.1) is 11.6 Å². The second-order valence-corrected chi connectivity index (χ2v) is 6.69. The lowest BCUT2D eigenvalue weighted by Gasteiger charge is -2.12. The Kier molecular flexibility index (Phi) is 6.69. The highest BCUT2D eigenvalue weighted by atomic mass is 35.5. The van der Waals surface area contributed by atoms with Gasteiger partial charge in [-0.2, -0.15) is 13.2 Å². The van der Waals surface area contributed by atoms with E-state index in [0.717, 1.165) is 12.1 Å². The third-order valence-electron chi connectivity index (χ3n) is 3.80. The average Bonchev–Trinajstić information content (AvgIpc) is 2.70. The number of anilines is 2. The van der Waals surface area contributed by atoms with Crippen LogP contribution in [0.3, 0.4) is 0 Å². The number of carbonyl (C=O) groups is 1. The molecule has 0 aliphatic heterocycles. The largest absolute Gasteiger partial charge is 0.457 e. The number of aromatic nitrogens is 1. The van der Waals surface area contributed by atoms with Crippen molar-refractivity contribution in [2.45, 2.75) is 12.1 Å². The van der Waals surface area contributed by atoms with Crippen LogP contribution in [0.25, 0.3) is 0 Å². The molecule has 2 aromatic carbocycles. The van der Waals surface area contributed by atoms with Crippen LogP contribution in [0.1, 0.15) is 11.3 Å². The summed E-state index contributed by atoms with van der Waals surface area (Å²) in [6.07, 6.45) is -3.05. The number of alkyl halides is 4. The van der Waals surface area contributed by atoms with E-state index in [1.165, 1.54) is 6.07 Å². The van der Waals surface area contributed by atoms with Crippen molar-refractivity contribution >= 4 is 40.6 Å². The fourth-order valence-electron chi connectivity index (χ4n) is 2.45. The first kappa shape index (κ1) is 21.7. The minimum Gasteiger partial charge on any atom is -0.457 e. The number of ether oxygens (including phenoxy) is 1. The first-order chi connectivity index (χ1) is 14.2. The predicted molar refractivity (Wildman–Crippen MR) is 109 cm³/mol. The molecule has 3 aromatic rings. The van der Waals surface area contributed by atoms with Gasteiger partial charge in [-0.1, -0.05) is 11.6 Å². The summed E-state index contributed by atoms with van der Waals surface area (Å²) in [7, 11) is 0. The van der Waals surface area contributed by atoms with Crippen LogP contribution in [-0.2, 0) is 12.1 Å². The summed E-state index contributed by atoms with van der Waals surface area (Å²) in [5, 5.41) is 4.42. The molecule has 0 radical (unpaired) electrons. The molecule has 1 heterocycles. The quantitative estimate of drug-likeness (QED) is 0.410. The molecule has 5 nitrogen and oxygen atoms in total. The smallest absolute Gasteiger partial charge is 0.417 e. The summed E-state index contributed by atoms with van der Waals surface area (Å²) in [6.45, 7) is 0. The molecule has 10 heteroatoms. The highest BCUT2D eigenvalue weighted by Crippen LogP contribution is 2.36. The molecule has 2 N–H and O–H groups in total. The van der Waals surface area contributed by atoms with Crippen molar-refractivity contribution in [3.05, 3.63) is 77.1 Å². The monoisotopic (exact) mass is 455 g/mol. The second-order valence-electron chi connectivity index (χ2n) is 6.01. The van der Waals surface area contributed by atoms with Crippen molar-refractivity contribution in [2.75, 3.05) is 10.6 Å². The van der Waals surface area contributed by atoms with Crippen molar-refractivity contribution < 1.29 is 22.7 Å². The lowest BCUT2D eigenvalue weighted by molar-refractivity contribution is -0.137. The fourth-order valence-corrected chi connectivity index (χ4v) is 2.82. The van der Waals surface area contributed by atoms with E-state index >= 15 is 0 Å². The van der Waals surface area contributed by atoms with Crippen LogP contribution in [-0.4, -0.2) is 11.0 Å². The molecule has 156 valence electrons. The van der Waals surface area contributed by atoms with Crippen LogP contribution in [0.5, 0.6) is 11.5 Å². The highest BCUT2D eigenvalue weighted by Gasteiger charge is 2.33. The topological polar surface area (TPSA) is 63.2 Å². The van der Waals surface area contributed by atoms with E-state index in [1.54, 1.807) is 42.6 Å². The van der Waals surface area contributed by atoms with Crippen LogP contribution in [0.15, 0.2) is 60.8 Å². The van der Waals surface area contributed by atoms with E-state index in [0.29, 0.717) is 22.9 Å². The van der Waals surface area contributed by atoms with Crippen molar-refractivity contribution in [2.24, 2.45) is 0 Å². The zero-order valence-electron chi connectivity index (χ0n) is 15.1. The minimum atomic E-state index is -4.62. The number of nitrogens with one attached hydrogen (secondary N) is 2. The summed E-state index contributed by atoms with van der Waals surface area (Å²) >= 11 is 11.3. The Morgan fingerprint density at radius 1 is 0.967 bits per heavy atom. The number of halogens is 5. The Balaban J connectivity index is 1.62. The molecule has 0 saturated carbocycles. The lowest BCUT2D eigenvalue weighted by Crippen LogP contribution is -2.19. The summed E-state index contributed by atoms with van der Waals surface area (Å²) in [4.78, 5) is 16.2. The van der Waals surface area contributed by atoms with Gasteiger partial charge in [-0.3, -0.25) is 4.98 Å². The van der Waals surface area contributed by atoms with Gasteiger partial charge in [0.25, 0.3) is 0 Å². The number of amides is 2. The number of carbonyl (C=O) groups excluding carboxylic acids is 1. The normalized spacial score (nSPS) is 11.1. The predicted octanol–water partition coefficient (Wildman–Crippen LogP) is 6.93. The maximum absolute atomic E-state index is 12.9. The van der Waals surface area contributed by atoms with Crippen LogP contribution in [0, 0.1) is 0 Å². The van der Waals surface area contributed by atoms with Crippen LogP contribution in [0.4, 0.5) is 29.3 Å². The Morgan fingerprint density at radius 3 is 2.30 bits per heavy atom. The molecule has 0 saturated heterocycles. The van der Waals surface area contributed by atoms with Crippen molar-refractivity contribution in [1.29, 1.82) is 0 Å². The first-order valence-electron chi connectivity index (χ1n) is 8.48. The Morgan fingerprint density at radius 2 is 1.63 bits per heavy atom. The number of benzene rings is 2. The summed E-state index contributed by atoms with van der Waals surface area (Å²) in [6, 6.07) is 12.2. The average molecular weight is 456 g/mol. The molecule has 3 rings (SSSR count). The first-order valence-corrected chi connectivity index (χ1v) is 9.39. The van der Waals surface area contributed by atoms with E-state index < -0.39 is 22.8 Å². The van der Waals surface area contributed by atoms with E-state index in [1.807, 2.05) is 0 Å². The van der Waals surface area contributed by atoms with Crippen molar-refractivity contribution in [3.8, 4) is 11.5 Å². The maximum atomic E-state index is 12.9. The Hall–Kier alpha value is -2.97. The third kappa shape index (κ3) is 5.77. The van der Waals surface area contributed by atoms with Crippen LogP contribution < -0.4 is 15.4 Å². The van der Waals surface area contributed by atoms with Crippen LogP contribution in [0.2, 0.25) is 5.02 Å². The summed E-state index contributed by atoms with van der Waals surface area (Å²) in [5.41, 5.74) is 0.00917. The molecule has 0 unspecified atom stereocenters. The number of nitrogens with zero attached hydrogens (tertiary/aromatic N) is 1. The molecule has 0 atom stereocenters. The molecule has 0 aliphatic rings. The van der Waals surface area contributed by atoms with Gasteiger partial charge in [0, 0.05) is 23.6 Å². The molecule has 2 amide bonds. The van der Waals surface area contributed by atoms with E-state index in [-0.39, 0.29) is 11.6 Å². The fraction of sp³-hybridized carbons (Fsp3) is 0.100. The van der Waals surface area contributed by atoms with Gasteiger partial charge in [-0.25, -0.2) is 4.79 Å². The van der Waals surface area contributed by atoms with E-state index in [4.69, 9.17) is 27.9 Å². The lowest BCUT2D eigenvalue weighted by atomic mass is 10.2. The van der Waals surface area contributed by atoms with Gasteiger partial charge in [-0.05, 0) is 48.5 Å². The third-order valence-corrected chi connectivity index (χ3v) is 4.41. The molecular weight excluding hydrogens is 442 g/mol. The number of urea groups is 1. The SMILES string of the molecule is O=C(Nc1ccc(Oc2ccnc(CCl)c2)cc1)Nc1ccc(Cl)c(C(F)(F)F)c1. The molecule has 0 fully saturated rings. The standard InChI is InChI=1S/C20H14Cl2F3N3O2/c21-11-14-9-16(7-8-26-14)30-15-4-1-12(2-5-15)27-19(29)28-13-3-6-18(22)17(10-13)20(23,24)25/h1-10H,11H2,(H2,27,28,29). The van der Waals surface area contributed by atoms with Gasteiger partial charge in [0.05, 0.1) is 22.2 Å². The van der Waals surface area contributed by atoms with Gasteiger partial charge >= 0.3 is 12.2 Å².